The van der Waals surface area contributed by atoms with Crippen LogP contribution >= 0.6 is 11.3 Å². The third-order valence-corrected chi connectivity index (χ3v) is 8.31. The van der Waals surface area contributed by atoms with Gasteiger partial charge in [0.25, 0.3) is 5.56 Å². The summed E-state index contributed by atoms with van der Waals surface area (Å²) in [7, 11) is 0. The monoisotopic (exact) mass is 466 g/mol. The van der Waals surface area contributed by atoms with Crippen molar-refractivity contribution in [1.29, 1.82) is 0 Å². The molecule has 1 aliphatic carbocycles. The number of hydrogen-bond acceptors (Lipinski definition) is 3. The lowest BCUT2D eigenvalue weighted by atomic mass is 9.97. The molecule has 0 amide bonds. The zero-order valence-corrected chi connectivity index (χ0v) is 19.8. The molecule has 0 radical (unpaired) electrons. The average Bonchev–Trinajstić information content (AvgIpc) is 3.27. The van der Waals surface area contributed by atoms with Crippen LogP contribution in [0.3, 0.4) is 0 Å². The van der Waals surface area contributed by atoms with Crippen LogP contribution in [-0.4, -0.2) is 9.13 Å². The fourth-order valence-corrected chi connectivity index (χ4v) is 6.61. The van der Waals surface area contributed by atoms with Crippen molar-refractivity contribution in [3.05, 3.63) is 115 Å². The summed E-state index contributed by atoms with van der Waals surface area (Å²) in [6, 6.07) is 24.6. The summed E-state index contributed by atoms with van der Waals surface area (Å²) in [5.41, 5.74) is 3.07. The van der Waals surface area contributed by atoms with Gasteiger partial charge < -0.3 is 0 Å². The van der Waals surface area contributed by atoms with Gasteiger partial charge in [-0.15, -0.1) is 11.3 Å². The third-order valence-electron chi connectivity index (χ3n) is 6.99. The molecule has 3 aromatic carbocycles. The van der Waals surface area contributed by atoms with Gasteiger partial charge in [0.2, 0.25) is 0 Å². The minimum Gasteiger partial charge on any atom is -0.280 e. The number of aromatic nitrogens is 2. The van der Waals surface area contributed by atoms with Crippen LogP contribution in [0.2, 0.25) is 0 Å². The van der Waals surface area contributed by atoms with E-state index in [1.807, 2.05) is 53.1 Å². The van der Waals surface area contributed by atoms with Crippen LogP contribution in [0.5, 0.6) is 0 Å². The van der Waals surface area contributed by atoms with Gasteiger partial charge in [-0.3, -0.25) is 13.9 Å². The van der Waals surface area contributed by atoms with Crippen molar-refractivity contribution in [2.24, 2.45) is 0 Å². The molecule has 0 saturated heterocycles. The number of aryl methyl sites for hydroxylation is 3. The Balaban J connectivity index is 1.54. The molecule has 1 aliphatic rings. The van der Waals surface area contributed by atoms with Crippen LogP contribution < -0.4 is 11.2 Å². The topological polar surface area (TPSA) is 44.0 Å². The van der Waals surface area contributed by atoms with Crippen LogP contribution in [0, 0.1) is 0 Å². The summed E-state index contributed by atoms with van der Waals surface area (Å²) in [6.07, 6.45) is 4.83. The molecule has 170 valence electrons. The number of fused-ring (bicyclic) bond motifs is 4. The van der Waals surface area contributed by atoms with Gasteiger partial charge in [0.1, 0.15) is 4.83 Å². The highest BCUT2D eigenvalue weighted by atomic mass is 32.1. The molecule has 0 unspecified atom stereocenters. The van der Waals surface area contributed by atoms with Gasteiger partial charge in [0.15, 0.2) is 0 Å². The Morgan fingerprint density at radius 2 is 1.56 bits per heavy atom. The highest BCUT2D eigenvalue weighted by molar-refractivity contribution is 7.18. The first kappa shape index (κ1) is 21.1. The van der Waals surface area contributed by atoms with Crippen LogP contribution in [0.4, 0.5) is 0 Å². The summed E-state index contributed by atoms with van der Waals surface area (Å²) in [6.45, 7) is 0.847. The molecule has 0 aliphatic heterocycles. The van der Waals surface area contributed by atoms with Gasteiger partial charge in [-0.1, -0.05) is 72.8 Å². The van der Waals surface area contributed by atoms with Gasteiger partial charge in [-0.25, -0.2) is 4.79 Å². The molecular weight excluding hydrogens is 440 g/mol. The van der Waals surface area contributed by atoms with Gasteiger partial charge in [-0.2, -0.15) is 0 Å². The summed E-state index contributed by atoms with van der Waals surface area (Å²) >= 11 is 1.65. The lowest BCUT2D eigenvalue weighted by Crippen LogP contribution is -2.40. The van der Waals surface area contributed by atoms with E-state index in [0.717, 1.165) is 57.8 Å². The lowest BCUT2D eigenvalue weighted by molar-refractivity contribution is 0.591. The highest BCUT2D eigenvalue weighted by Crippen LogP contribution is 2.34. The van der Waals surface area contributed by atoms with E-state index in [1.54, 1.807) is 11.3 Å². The van der Waals surface area contributed by atoms with Crippen LogP contribution in [0.15, 0.2) is 82.4 Å². The predicted molar refractivity (Wildman–Crippen MR) is 140 cm³/mol. The van der Waals surface area contributed by atoms with Crippen LogP contribution in [0.25, 0.3) is 21.0 Å². The molecule has 6 rings (SSSR count). The number of nitrogens with zero attached hydrogens (tertiary/aromatic N) is 2. The maximum absolute atomic E-state index is 13.8. The molecule has 4 nitrogen and oxygen atoms in total. The fraction of sp³-hybridized carbons (Fsp3) is 0.241. The Morgan fingerprint density at radius 3 is 2.44 bits per heavy atom. The smallest absolute Gasteiger partial charge is 0.280 e. The summed E-state index contributed by atoms with van der Waals surface area (Å²) in [5, 5.41) is 3.08. The standard InChI is InChI=1S/C29H26N2O2S/c32-27-26-24-15-6-7-16-25(24)34-28(26)31(19-22-13-8-12-21-11-4-5-14-23(21)22)29(33)30(27)18-17-20-9-2-1-3-10-20/h1-5,8-14H,6-7,15-19H2. The maximum Gasteiger partial charge on any atom is 0.332 e. The van der Waals surface area contributed by atoms with Crippen molar-refractivity contribution in [1.82, 2.24) is 9.13 Å². The van der Waals surface area contributed by atoms with Crippen molar-refractivity contribution < 1.29 is 0 Å². The molecule has 0 saturated carbocycles. The van der Waals surface area contributed by atoms with Crippen molar-refractivity contribution in [2.45, 2.75) is 45.2 Å². The summed E-state index contributed by atoms with van der Waals surface area (Å²) < 4.78 is 3.33. The van der Waals surface area contributed by atoms with Gasteiger partial charge >= 0.3 is 5.69 Å². The molecule has 0 N–H and O–H groups in total. The molecule has 2 aromatic heterocycles. The molecule has 5 heteroatoms. The highest BCUT2D eigenvalue weighted by Gasteiger charge is 2.24. The Morgan fingerprint density at radius 1 is 0.794 bits per heavy atom. The largest absolute Gasteiger partial charge is 0.332 e. The molecule has 0 spiro atoms. The first-order valence-electron chi connectivity index (χ1n) is 12.0. The molecule has 2 heterocycles. The second-order valence-corrected chi connectivity index (χ2v) is 10.2. The molecule has 0 fully saturated rings. The Kier molecular flexibility index (Phi) is 5.42. The second-order valence-electron chi connectivity index (χ2n) is 9.09. The Bertz CT molecular complexity index is 1620. The number of hydrogen-bond donors (Lipinski definition) is 0. The number of benzene rings is 3. The average molecular weight is 467 g/mol. The first-order valence-corrected chi connectivity index (χ1v) is 12.8. The van der Waals surface area contributed by atoms with Crippen molar-refractivity contribution in [3.63, 3.8) is 0 Å². The van der Waals surface area contributed by atoms with Crippen molar-refractivity contribution in [3.8, 4) is 0 Å². The van der Waals surface area contributed by atoms with Crippen molar-refractivity contribution >= 4 is 32.3 Å². The Hall–Kier alpha value is -3.44. The zero-order valence-electron chi connectivity index (χ0n) is 19.0. The molecular formula is C29H26N2O2S. The fourth-order valence-electron chi connectivity index (χ4n) is 5.24. The molecule has 0 atom stereocenters. The minimum absolute atomic E-state index is 0.121. The minimum atomic E-state index is -0.208. The van der Waals surface area contributed by atoms with E-state index < -0.39 is 0 Å². The normalized spacial score (nSPS) is 13.4. The van der Waals surface area contributed by atoms with E-state index >= 15 is 0 Å². The van der Waals surface area contributed by atoms with E-state index in [-0.39, 0.29) is 11.2 Å². The SMILES string of the molecule is O=c1c2c3c(sc2n(Cc2cccc4ccccc24)c(=O)n1CCc1ccccc1)CCCC3. The maximum atomic E-state index is 13.8. The molecule has 5 aromatic rings. The Labute approximate surface area is 201 Å². The van der Waals surface area contributed by atoms with Crippen molar-refractivity contribution in [2.75, 3.05) is 0 Å². The van der Waals surface area contributed by atoms with E-state index in [1.165, 1.54) is 15.0 Å². The van der Waals surface area contributed by atoms with Gasteiger partial charge in [0, 0.05) is 11.4 Å². The third kappa shape index (κ3) is 3.61. The number of thiophene rings is 1. The second kappa shape index (κ2) is 8.73. The van der Waals surface area contributed by atoms with E-state index in [4.69, 9.17) is 0 Å². The zero-order chi connectivity index (χ0) is 23.1. The van der Waals surface area contributed by atoms with E-state index in [9.17, 15) is 9.59 Å². The van der Waals surface area contributed by atoms with Gasteiger partial charge in [-0.05, 0) is 59.6 Å². The first-order chi connectivity index (χ1) is 16.7. The van der Waals surface area contributed by atoms with Crippen LogP contribution in [0.1, 0.15) is 34.4 Å². The molecule has 34 heavy (non-hydrogen) atoms. The van der Waals surface area contributed by atoms with Gasteiger partial charge in [0.05, 0.1) is 11.9 Å². The van der Waals surface area contributed by atoms with E-state index in [0.29, 0.717) is 19.5 Å². The predicted octanol–water partition coefficient (Wildman–Crippen LogP) is 5.55. The number of rotatable bonds is 5. The van der Waals surface area contributed by atoms with E-state index in [2.05, 4.69) is 24.3 Å². The lowest BCUT2D eigenvalue weighted by Gasteiger charge is -2.14. The summed E-state index contributed by atoms with van der Waals surface area (Å²) in [4.78, 5) is 29.6. The quantitative estimate of drug-likeness (QED) is 0.341. The summed E-state index contributed by atoms with van der Waals surface area (Å²) in [5.74, 6) is 0. The van der Waals surface area contributed by atoms with Crippen LogP contribution in [-0.2, 0) is 32.4 Å². The molecule has 0 bridgehead atoms.